The van der Waals surface area contributed by atoms with Crippen molar-refractivity contribution in [2.75, 3.05) is 13.2 Å². The largest absolute Gasteiger partial charge is 0.462 e. The summed E-state index contributed by atoms with van der Waals surface area (Å²) < 4.78 is 27.2. The molecule has 1 saturated heterocycles. The molecule has 0 unspecified atom stereocenters. The van der Waals surface area contributed by atoms with Crippen LogP contribution >= 0.6 is 11.6 Å². The van der Waals surface area contributed by atoms with Crippen LogP contribution in [-0.4, -0.2) is 72.3 Å². The van der Waals surface area contributed by atoms with Crippen LogP contribution in [0.3, 0.4) is 0 Å². The Morgan fingerprint density at radius 3 is 1.97 bits per heavy atom. The van der Waals surface area contributed by atoms with Crippen molar-refractivity contribution < 1.29 is 47.7 Å². The van der Waals surface area contributed by atoms with Crippen LogP contribution in [-0.2, 0) is 47.7 Å². The topological polar surface area (TPSA) is 135 Å². The first-order valence-corrected chi connectivity index (χ1v) is 11.1. The summed E-state index contributed by atoms with van der Waals surface area (Å²) in [5.41, 5.74) is 0.606. The number of nitrogens with zero attached hydrogens (tertiary/aromatic N) is 1. The van der Waals surface area contributed by atoms with Gasteiger partial charge in [-0.2, -0.15) is 0 Å². The Kier molecular flexibility index (Phi) is 10.0. The summed E-state index contributed by atoms with van der Waals surface area (Å²) in [7, 11) is 0. The van der Waals surface area contributed by atoms with Crippen LogP contribution in [0.1, 0.15) is 46.4 Å². The molecule has 1 aliphatic rings. The van der Waals surface area contributed by atoms with Crippen molar-refractivity contribution in [2.45, 2.75) is 65.3 Å². The quantitative estimate of drug-likeness (QED) is 0.356. The Balaban J connectivity index is 2.47. The summed E-state index contributed by atoms with van der Waals surface area (Å²) in [6.45, 7) is 5.35. The molecule has 0 radical (unpaired) electrons. The van der Waals surface area contributed by atoms with Crippen molar-refractivity contribution in [2.24, 2.45) is 0 Å². The first-order chi connectivity index (χ1) is 16.4. The normalized spacial score (nSPS) is 19.8. The standard InChI is InChI=1S/C23H28ClNO10/c1-12(26)25-10-19(35-23(25)17-6-8-18(24)9-7-17)21(33-15(4)29)22(34-16(5)30)20(32-14(3)28)11-31-13(2)27/h6-9,19-23H,10-11H2,1-5H3/t19-,20+,21+,22+,23+/m0/s1. The Morgan fingerprint density at radius 2 is 1.49 bits per heavy atom. The van der Waals surface area contributed by atoms with Gasteiger partial charge in [-0.1, -0.05) is 23.7 Å². The number of hydrogen-bond acceptors (Lipinski definition) is 10. The van der Waals surface area contributed by atoms with E-state index in [1.807, 2.05) is 0 Å². The number of esters is 4. The van der Waals surface area contributed by atoms with Crippen molar-refractivity contribution >= 4 is 41.4 Å². The molecule has 0 bridgehead atoms. The van der Waals surface area contributed by atoms with Crippen molar-refractivity contribution in [1.82, 2.24) is 4.90 Å². The Labute approximate surface area is 207 Å². The molecule has 1 heterocycles. The molecule has 1 amide bonds. The van der Waals surface area contributed by atoms with E-state index < -0.39 is 61.1 Å². The zero-order valence-electron chi connectivity index (χ0n) is 20.0. The number of hydrogen-bond donors (Lipinski definition) is 0. The van der Waals surface area contributed by atoms with Gasteiger partial charge in [0.15, 0.2) is 24.5 Å². The van der Waals surface area contributed by atoms with Gasteiger partial charge in [0.1, 0.15) is 12.7 Å². The highest BCUT2D eigenvalue weighted by atomic mass is 35.5. The molecular weight excluding hydrogens is 486 g/mol. The minimum atomic E-state index is -1.41. The van der Waals surface area contributed by atoms with Gasteiger partial charge < -0.3 is 28.6 Å². The average Bonchev–Trinajstić information content (AvgIpc) is 3.19. The molecule has 1 fully saturated rings. The van der Waals surface area contributed by atoms with Gasteiger partial charge in [0.25, 0.3) is 0 Å². The van der Waals surface area contributed by atoms with Crippen molar-refractivity contribution in [3.8, 4) is 0 Å². The lowest BCUT2D eigenvalue weighted by Crippen LogP contribution is -2.53. The van der Waals surface area contributed by atoms with Gasteiger partial charge in [-0.15, -0.1) is 0 Å². The van der Waals surface area contributed by atoms with Gasteiger partial charge in [0, 0.05) is 45.2 Å². The molecule has 0 aromatic heterocycles. The third-order valence-corrected chi connectivity index (χ3v) is 5.20. The van der Waals surface area contributed by atoms with Crippen LogP contribution in [0.25, 0.3) is 0 Å². The minimum Gasteiger partial charge on any atom is -0.462 e. The van der Waals surface area contributed by atoms with Crippen LogP contribution < -0.4 is 0 Å². The van der Waals surface area contributed by atoms with Crippen LogP contribution in [0.2, 0.25) is 5.02 Å². The van der Waals surface area contributed by atoms with E-state index in [2.05, 4.69) is 0 Å². The number of amides is 1. The lowest BCUT2D eigenvalue weighted by molar-refractivity contribution is -0.200. The first-order valence-electron chi connectivity index (χ1n) is 10.7. The molecule has 2 rings (SSSR count). The highest BCUT2D eigenvalue weighted by Crippen LogP contribution is 2.35. The maximum Gasteiger partial charge on any atom is 0.303 e. The van der Waals surface area contributed by atoms with E-state index in [-0.39, 0.29) is 12.5 Å². The fourth-order valence-corrected chi connectivity index (χ4v) is 3.76. The molecule has 1 aliphatic heterocycles. The van der Waals surface area contributed by atoms with E-state index in [0.717, 1.165) is 27.7 Å². The molecule has 5 atom stereocenters. The van der Waals surface area contributed by atoms with Gasteiger partial charge >= 0.3 is 23.9 Å². The number of carbonyl (C=O) groups is 5. The van der Waals surface area contributed by atoms with Crippen LogP contribution in [0.5, 0.6) is 0 Å². The van der Waals surface area contributed by atoms with Gasteiger partial charge in [-0.25, -0.2) is 0 Å². The molecule has 0 spiro atoms. The zero-order valence-corrected chi connectivity index (χ0v) is 20.8. The van der Waals surface area contributed by atoms with Crippen LogP contribution in [0, 0.1) is 0 Å². The molecule has 35 heavy (non-hydrogen) atoms. The number of rotatable bonds is 9. The summed E-state index contributed by atoms with van der Waals surface area (Å²) in [5.74, 6) is -3.26. The first kappa shape index (κ1) is 28.1. The SMILES string of the molecule is CC(=O)OC[C@@H](OC(C)=O)[C@@H](OC(C)=O)[C@H](OC(C)=O)[C@@H]1CN(C(C)=O)[C@@H](c2ccc(Cl)cc2)O1. The summed E-state index contributed by atoms with van der Waals surface area (Å²) in [5, 5.41) is 0.486. The van der Waals surface area contributed by atoms with Gasteiger partial charge in [0.05, 0.1) is 6.54 Å². The molecular formula is C23H28ClNO10. The van der Waals surface area contributed by atoms with Crippen molar-refractivity contribution in [3.63, 3.8) is 0 Å². The average molecular weight is 514 g/mol. The summed E-state index contributed by atoms with van der Waals surface area (Å²) in [4.78, 5) is 60.9. The van der Waals surface area contributed by atoms with E-state index in [4.69, 9.17) is 35.3 Å². The number of ether oxygens (including phenoxy) is 5. The van der Waals surface area contributed by atoms with E-state index in [1.165, 1.54) is 11.8 Å². The fourth-order valence-electron chi connectivity index (χ4n) is 3.63. The lowest BCUT2D eigenvalue weighted by atomic mass is 10.0. The maximum absolute atomic E-state index is 12.4. The molecule has 192 valence electrons. The predicted molar refractivity (Wildman–Crippen MR) is 120 cm³/mol. The monoisotopic (exact) mass is 513 g/mol. The minimum absolute atomic E-state index is 0.0430. The van der Waals surface area contributed by atoms with E-state index in [9.17, 15) is 24.0 Å². The highest BCUT2D eigenvalue weighted by molar-refractivity contribution is 6.30. The van der Waals surface area contributed by atoms with Crippen molar-refractivity contribution in [3.05, 3.63) is 34.9 Å². The molecule has 12 heteroatoms. The summed E-state index contributed by atoms with van der Waals surface area (Å²) in [6.07, 6.45) is -5.92. The van der Waals surface area contributed by atoms with Gasteiger partial charge in [-0.05, 0) is 12.1 Å². The van der Waals surface area contributed by atoms with Gasteiger partial charge in [0.2, 0.25) is 5.91 Å². The Hall–Kier alpha value is -3.18. The maximum atomic E-state index is 12.4. The third kappa shape index (κ3) is 8.22. The van der Waals surface area contributed by atoms with E-state index in [0.29, 0.717) is 10.6 Å². The van der Waals surface area contributed by atoms with E-state index >= 15 is 0 Å². The predicted octanol–water partition coefficient (Wildman–Crippen LogP) is 1.94. The number of benzene rings is 1. The second-order valence-corrected chi connectivity index (χ2v) is 8.28. The van der Waals surface area contributed by atoms with Crippen LogP contribution in [0.15, 0.2) is 24.3 Å². The van der Waals surface area contributed by atoms with Gasteiger partial charge in [-0.3, -0.25) is 24.0 Å². The smallest absolute Gasteiger partial charge is 0.303 e. The Morgan fingerprint density at radius 1 is 0.914 bits per heavy atom. The molecule has 1 aromatic carbocycles. The highest BCUT2D eigenvalue weighted by Gasteiger charge is 2.48. The summed E-state index contributed by atoms with van der Waals surface area (Å²) >= 11 is 5.97. The number of halogens is 1. The molecule has 0 saturated carbocycles. The Bertz CT molecular complexity index is 950. The van der Waals surface area contributed by atoms with E-state index in [1.54, 1.807) is 24.3 Å². The van der Waals surface area contributed by atoms with Crippen molar-refractivity contribution in [1.29, 1.82) is 0 Å². The fraction of sp³-hybridized carbons (Fsp3) is 0.522. The molecule has 11 nitrogen and oxygen atoms in total. The third-order valence-electron chi connectivity index (χ3n) is 4.95. The molecule has 0 aliphatic carbocycles. The second-order valence-electron chi connectivity index (χ2n) is 7.85. The molecule has 0 N–H and O–H groups in total. The molecule has 1 aromatic rings. The second kappa shape index (κ2) is 12.5. The zero-order chi connectivity index (χ0) is 26.3. The lowest BCUT2D eigenvalue weighted by Gasteiger charge is -2.34. The summed E-state index contributed by atoms with van der Waals surface area (Å²) in [6, 6.07) is 6.62. The van der Waals surface area contributed by atoms with Crippen LogP contribution in [0.4, 0.5) is 0 Å². The number of carbonyl (C=O) groups excluding carboxylic acids is 5.